The summed E-state index contributed by atoms with van der Waals surface area (Å²) in [6.07, 6.45) is 2.37. The van der Waals surface area contributed by atoms with Gasteiger partial charge in [-0.05, 0) is 31.4 Å². The maximum atomic E-state index is 11.1. The van der Waals surface area contributed by atoms with Crippen LogP contribution in [0.25, 0.3) is 0 Å². The Hall–Kier alpha value is -2.21. The van der Waals surface area contributed by atoms with Crippen LogP contribution in [-0.2, 0) is 0 Å². The molecule has 1 heterocycles. The Bertz CT molecular complexity index is 661. The van der Waals surface area contributed by atoms with Crippen molar-refractivity contribution < 1.29 is 14.6 Å². The summed E-state index contributed by atoms with van der Waals surface area (Å²) in [4.78, 5) is 10.7. The Morgan fingerprint density at radius 3 is 2.85 bits per heavy atom. The molecule has 1 aliphatic rings. The zero-order valence-electron chi connectivity index (χ0n) is 10.9. The predicted molar refractivity (Wildman–Crippen MR) is 70.4 cm³/mol. The van der Waals surface area contributed by atoms with Gasteiger partial charge in [-0.15, -0.1) is 0 Å². The number of hydrogen-bond acceptors (Lipinski definition) is 5. The lowest BCUT2D eigenvalue weighted by Gasteiger charge is -2.11. The van der Waals surface area contributed by atoms with Crippen LogP contribution in [0.15, 0.2) is 28.9 Å². The molecule has 1 atom stereocenters. The highest BCUT2D eigenvalue weighted by molar-refractivity contribution is 5.48. The number of aryl methyl sites for hydroxylation is 1. The predicted octanol–water partition coefficient (Wildman–Crippen LogP) is 2.85. The quantitative estimate of drug-likeness (QED) is 0.684. The maximum Gasteiger partial charge on any atom is 0.275 e. The van der Waals surface area contributed by atoms with Crippen LogP contribution < -0.4 is 0 Å². The third kappa shape index (κ3) is 2.18. The highest BCUT2D eigenvalue weighted by Crippen LogP contribution is 2.44. The van der Waals surface area contributed by atoms with Crippen LogP contribution in [-0.4, -0.2) is 15.2 Å². The van der Waals surface area contributed by atoms with Crippen LogP contribution in [0.3, 0.4) is 0 Å². The molecular weight excluding hydrogens is 260 g/mol. The highest BCUT2D eigenvalue weighted by atomic mass is 16.6. The summed E-state index contributed by atoms with van der Waals surface area (Å²) in [6, 6.07) is 4.79. The van der Waals surface area contributed by atoms with Gasteiger partial charge in [-0.25, -0.2) is 0 Å². The summed E-state index contributed by atoms with van der Waals surface area (Å²) in [5, 5.41) is 25.3. The Balaban J connectivity index is 2.03. The molecule has 0 saturated heterocycles. The number of aromatic nitrogens is 1. The van der Waals surface area contributed by atoms with Gasteiger partial charge in [-0.1, -0.05) is 11.2 Å². The fourth-order valence-corrected chi connectivity index (χ4v) is 2.33. The summed E-state index contributed by atoms with van der Waals surface area (Å²) in [6.45, 7) is 1.78. The lowest BCUT2D eigenvalue weighted by Crippen LogP contribution is -2.05. The van der Waals surface area contributed by atoms with Crippen molar-refractivity contribution in [1.29, 1.82) is 0 Å². The number of rotatable bonds is 4. The molecule has 20 heavy (non-hydrogen) atoms. The van der Waals surface area contributed by atoms with E-state index in [1.165, 1.54) is 12.3 Å². The highest BCUT2D eigenvalue weighted by Gasteiger charge is 2.34. The van der Waals surface area contributed by atoms with Crippen molar-refractivity contribution in [3.8, 4) is 0 Å². The third-order valence-corrected chi connectivity index (χ3v) is 3.55. The summed E-state index contributed by atoms with van der Waals surface area (Å²) >= 11 is 0. The average molecular weight is 274 g/mol. The molecule has 0 bridgehead atoms. The Labute approximate surface area is 115 Å². The van der Waals surface area contributed by atoms with Gasteiger partial charge >= 0.3 is 0 Å². The van der Waals surface area contributed by atoms with Crippen molar-refractivity contribution in [2.45, 2.75) is 31.8 Å². The lowest BCUT2D eigenvalue weighted by molar-refractivity contribution is -0.386. The van der Waals surface area contributed by atoms with E-state index in [-0.39, 0.29) is 17.2 Å². The molecule has 1 aromatic carbocycles. The second kappa shape index (κ2) is 4.72. The zero-order valence-corrected chi connectivity index (χ0v) is 10.9. The summed E-state index contributed by atoms with van der Waals surface area (Å²) in [5.74, 6) is 0.930. The van der Waals surface area contributed by atoms with Crippen molar-refractivity contribution in [1.82, 2.24) is 5.16 Å². The second-order valence-corrected chi connectivity index (χ2v) is 5.14. The first-order valence-electron chi connectivity index (χ1n) is 6.45. The van der Waals surface area contributed by atoms with E-state index in [0.29, 0.717) is 11.3 Å². The number of aliphatic hydroxyl groups is 1. The van der Waals surface area contributed by atoms with Gasteiger partial charge in [0.1, 0.15) is 11.9 Å². The van der Waals surface area contributed by atoms with Gasteiger partial charge in [-0.2, -0.15) is 0 Å². The number of aliphatic hydroxyl groups excluding tert-OH is 1. The minimum absolute atomic E-state index is 0.0829. The number of nitrogens with zero attached hydrogens (tertiary/aromatic N) is 2. The van der Waals surface area contributed by atoms with E-state index in [2.05, 4.69) is 5.16 Å². The average Bonchev–Trinajstić information content (AvgIpc) is 3.15. The Kier molecular flexibility index (Phi) is 3.02. The molecular formula is C14H14N2O4. The van der Waals surface area contributed by atoms with E-state index in [4.69, 9.17) is 4.52 Å². The largest absolute Gasteiger partial charge is 0.383 e. The molecule has 6 heteroatoms. The first-order valence-corrected chi connectivity index (χ1v) is 6.45. The minimum Gasteiger partial charge on any atom is -0.383 e. The van der Waals surface area contributed by atoms with E-state index in [0.717, 1.165) is 18.4 Å². The van der Waals surface area contributed by atoms with E-state index < -0.39 is 11.0 Å². The fraction of sp³-hybridized carbons (Fsp3) is 0.357. The summed E-state index contributed by atoms with van der Waals surface area (Å²) in [5.41, 5.74) is 1.49. The van der Waals surface area contributed by atoms with E-state index in [1.807, 2.05) is 0 Å². The molecule has 1 aliphatic carbocycles. The van der Waals surface area contributed by atoms with Crippen LogP contribution in [0.1, 0.15) is 47.3 Å². The van der Waals surface area contributed by atoms with Crippen molar-refractivity contribution in [3.63, 3.8) is 0 Å². The Morgan fingerprint density at radius 2 is 2.20 bits per heavy atom. The van der Waals surface area contributed by atoms with Gasteiger partial charge in [0.05, 0.1) is 16.7 Å². The zero-order chi connectivity index (χ0) is 14.3. The van der Waals surface area contributed by atoms with E-state index in [9.17, 15) is 15.2 Å². The van der Waals surface area contributed by atoms with Gasteiger partial charge in [0, 0.05) is 17.5 Å². The number of hydrogen-bond donors (Lipinski definition) is 1. The van der Waals surface area contributed by atoms with Gasteiger partial charge in [0.2, 0.25) is 0 Å². The second-order valence-electron chi connectivity index (χ2n) is 5.14. The van der Waals surface area contributed by atoms with Gasteiger partial charge in [0.15, 0.2) is 0 Å². The Morgan fingerprint density at radius 1 is 1.45 bits per heavy atom. The molecule has 2 aromatic rings. The molecule has 0 radical (unpaired) electrons. The van der Waals surface area contributed by atoms with Crippen molar-refractivity contribution >= 4 is 5.69 Å². The molecule has 1 N–H and O–H groups in total. The van der Waals surface area contributed by atoms with E-state index >= 15 is 0 Å². The monoisotopic (exact) mass is 274 g/mol. The molecule has 1 unspecified atom stereocenters. The summed E-state index contributed by atoms with van der Waals surface area (Å²) in [7, 11) is 0. The molecule has 0 amide bonds. The maximum absolute atomic E-state index is 11.1. The first kappa shape index (κ1) is 12.8. The number of benzene rings is 1. The molecule has 6 nitrogen and oxygen atoms in total. The number of nitro groups is 1. The molecule has 0 spiro atoms. The third-order valence-electron chi connectivity index (χ3n) is 3.55. The van der Waals surface area contributed by atoms with Crippen LogP contribution in [0, 0.1) is 17.0 Å². The van der Waals surface area contributed by atoms with Crippen LogP contribution in [0.5, 0.6) is 0 Å². The fourth-order valence-electron chi connectivity index (χ4n) is 2.33. The van der Waals surface area contributed by atoms with Gasteiger partial charge in [-0.3, -0.25) is 10.1 Å². The molecule has 1 fully saturated rings. The SMILES string of the molecule is Cc1ccc(C(O)c2cnoc2C2CC2)c([N+](=O)[O-])c1. The molecule has 3 rings (SSSR count). The van der Waals surface area contributed by atoms with Crippen LogP contribution in [0.2, 0.25) is 0 Å². The summed E-state index contributed by atoms with van der Waals surface area (Å²) < 4.78 is 5.18. The lowest BCUT2D eigenvalue weighted by atomic mass is 9.98. The first-order chi connectivity index (χ1) is 9.58. The van der Waals surface area contributed by atoms with Gasteiger partial charge < -0.3 is 9.63 Å². The standard InChI is InChI=1S/C14H14N2O4/c1-8-2-5-10(12(6-8)16(18)19)13(17)11-7-15-20-14(11)9-3-4-9/h2,5-7,9,13,17H,3-4H2,1H3. The smallest absolute Gasteiger partial charge is 0.275 e. The molecule has 1 aromatic heterocycles. The van der Waals surface area contributed by atoms with Gasteiger partial charge in [0.25, 0.3) is 5.69 Å². The van der Waals surface area contributed by atoms with Crippen LogP contribution in [0.4, 0.5) is 5.69 Å². The molecule has 1 saturated carbocycles. The minimum atomic E-state index is -1.09. The molecule has 0 aliphatic heterocycles. The normalized spacial score (nSPS) is 16.1. The molecule has 104 valence electrons. The van der Waals surface area contributed by atoms with Crippen LogP contribution >= 0.6 is 0 Å². The topological polar surface area (TPSA) is 89.4 Å². The van der Waals surface area contributed by atoms with E-state index in [1.54, 1.807) is 19.1 Å². The number of nitro benzene ring substituents is 1. The van der Waals surface area contributed by atoms with Crippen molar-refractivity contribution in [2.24, 2.45) is 0 Å². The van der Waals surface area contributed by atoms with Crippen molar-refractivity contribution in [2.75, 3.05) is 0 Å². The van der Waals surface area contributed by atoms with Crippen molar-refractivity contribution in [3.05, 3.63) is 57.0 Å².